The SMILES string of the molecule is CN=C(/N=C(C)/C(C)=C/N=C(C)C)N1CCC(N2CCN(C)CC2)CC1. The van der Waals surface area contributed by atoms with Crippen LogP contribution in [-0.2, 0) is 0 Å². The number of nitrogens with zero attached hydrogens (tertiary/aromatic N) is 6. The number of rotatable bonds is 3. The molecular formula is C20H36N6. The van der Waals surface area contributed by atoms with Gasteiger partial charge in [-0.3, -0.25) is 14.9 Å². The van der Waals surface area contributed by atoms with E-state index in [1.165, 1.54) is 39.0 Å². The van der Waals surface area contributed by atoms with E-state index in [4.69, 9.17) is 4.99 Å². The molecule has 0 unspecified atom stereocenters. The van der Waals surface area contributed by atoms with Gasteiger partial charge in [-0.25, -0.2) is 4.99 Å². The number of likely N-dealkylation sites (tertiary alicyclic amines) is 1. The van der Waals surface area contributed by atoms with Gasteiger partial charge in [-0.05, 0) is 53.2 Å². The Hall–Kier alpha value is -1.53. The fraction of sp³-hybridized carbons (Fsp3) is 0.750. The number of hydrogen-bond acceptors (Lipinski definition) is 4. The maximum absolute atomic E-state index is 4.78. The van der Waals surface area contributed by atoms with Crippen molar-refractivity contribution in [1.29, 1.82) is 0 Å². The summed E-state index contributed by atoms with van der Waals surface area (Å²) in [7, 11) is 4.06. The van der Waals surface area contributed by atoms with Gasteiger partial charge < -0.3 is 9.80 Å². The van der Waals surface area contributed by atoms with Crippen LogP contribution in [0, 0.1) is 0 Å². The second-order valence-corrected chi connectivity index (χ2v) is 7.67. The molecule has 146 valence electrons. The largest absolute Gasteiger partial charge is 0.341 e. The number of aliphatic imine (C=N–C) groups is 3. The van der Waals surface area contributed by atoms with E-state index in [1.807, 2.05) is 34.0 Å². The molecule has 0 aromatic rings. The highest BCUT2D eigenvalue weighted by molar-refractivity contribution is 6.05. The van der Waals surface area contributed by atoms with Gasteiger partial charge in [-0.15, -0.1) is 0 Å². The lowest BCUT2D eigenvalue weighted by Gasteiger charge is -2.42. The molecule has 26 heavy (non-hydrogen) atoms. The Kier molecular flexibility index (Phi) is 7.97. The lowest BCUT2D eigenvalue weighted by molar-refractivity contribution is 0.0816. The molecular weight excluding hydrogens is 324 g/mol. The van der Waals surface area contributed by atoms with Crippen LogP contribution < -0.4 is 0 Å². The van der Waals surface area contributed by atoms with Crippen LogP contribution in [0.5, 0.6) is 0 Å². The van der Waals surface area contributed by atoms with Crippen molar-refractivity contribution in [2.45, 2.75) is 46.6 Å². The molecule has 0 aromatic carbocycles. The Bertz CT molecular complexity index is 569. The van der Waals surface area contributed by atoms with Crippen molar-refractivity contribution < 1.29 is 0 Å². The fourth-order valence-corrected chi connectivity index (χ4v) is 3.44. The van der Waals surface area contributed by atoms with E-state index in [2.05, 4.69) is 38.7 Å². The van der Waals surface area contributed by atoms with Crippen LogP contribution >= 0.6 is 0 Å². The first kappa shape index (κ1) is 20.8. The van der Waals surface area contributed by atoms with E-state index < -0.39 is 0 Å². The number of piperidine rings is 1. The monoisotopic (exact) mass is 360 g/mol. The minimum absolute atomic E-state index is 0.714. The van der Waals surface area contributed by atoms with Crippen LogP contribution in [-0.4, -0.2) is 91.5 Å². The molecule has 0 bridgehead atoms. The molecule has 6 heteroatoms. The highest BCUT2D eigenvalue weighted by Gasteiger charge is 2.27. The van der Waals surface area contributed by atoms with E-state index >= 15 is 0 Å². The van der Waals surface area contributed by atoms with Crippen molar-refractivity contribution in [2.75, 3.05) is 53.4 Å². The summed E-state index contributed by atoms with van der Waals surface area (Å²) < 4.78 is 0. The van der Waals surface area contributed by atoms with Crippen LogP contribution in [0.4, 0.5) is 0 Å². The minimum Gasteiger partial charge on any atom is -0.341 e. The van der Waals surface area contributed by atoms with Crippen molar-refractivity contribution in [3.8, 4) is 0 Å². The van der Waals surface area contributed by atoms with Crippen molar-refractivity contribution >= 4 is 17.4 Å². The Morgan fingerprint density at radius 1 is 0.923 bits per heavy atom. The third-order valence-corrected chi connectivity index (χ3v) is 5.36. The maximum atomic E-state index is 4.78. The van der Waals surface area contributed by atoms with Crippen molar-refractivity contribution in [3.63, 3.8) is 0 Å². The summed E-state index contributed by atoms with van der Waals surface area (Å²) in [5, 5.41) is 0. The highest BCUT2D eigenvalue weighted by atomic mass is 15.3. The first-order chi connectivity index (χ1) is 12.4. The Morgan fingerprint density at radius 3 is 2.08 bits per heavy atom. The van der Waals surface area contributed by atoms with Crippen LogP contribution in [0.3, 0.4) is 0 Å². The zero-order valence-corrected chi connectivity index (χ0v) is 17.5. The molecule has 0 atom stereocenters. The normalized spacial score (nSPS) is 22.7. The van der Waals surface area contributed by atoms with Gasteiger partial charge in [-0.2, -0.15) is 0 Å². The van der Waals surface area contributed by atoms with Crippen LogP contribution in [0.1, 0.15) is 40.5 Å². The summed E-state index contributed by atoms with van der Waals surface area (Å²) in [6.45, 7) is 15.0. The fourth-order valence-electron chi connectivity index (χ4n) is 3.44. The minimum atomic E-state index is 0.714. The molecule has 0 radical (unpaired) electrons. The molecule has 0 spiro atoms. The molecule has 2 rings (SSSR count). The Balaban J connectivity index is 1.93. The maximum Gasteiger partial charge on any atom is 0.220 e. The van der Waals surface area contributed by atoms with Gasteiger partial charge in [0.15, 0.2) is 0 Å². The van der Waals surface area contributed by atoms with Gasteiger partial charge >= 0.3 is 0 Å². The lowest BCUT2D eigenvalue weighted by Crippen LogP contribution is -2.52. The summed E-state index contributed by atoms with van der Waals surface area (Å²) in [6.07, 6.45) is 4.29. The van der Waals surface area contributed by atoms with E-state index in [9.17, 15) is 0 Å². The predicted molar refractivity (Wildman–Crippen MR) is 113 cm³/mol. The van der Waals surface area contributed by atoms with Crippen LogP contribution in [0.2, 0.25) is 0 Å². The molecule has 2 heterocycles. The van der Waals surface area contributed by atoms with Gasteiger partial charge in [0.2, 0.25) is 5.96 Å². The molecule has 2 aliphatic heterocycles. The van der Waals surface area contributed by atoms with Crippen LogP contribution in [0.25, 0.3) is 0 Å². The second kappa shape index (κ2) is 9.97. The zero-order chi connectivity index (χ0) is 19.1. The molecule has 0 amide bonds. The third kappa shape index (κ3) is 6.02. The molecule has 2 saturated heterocycles. The molecule has 0 N–H and O–H groups in total. The molecule has 0 saturated carbocycles. The molecule has 0 aliphatic carbocycles. The first-order valence-corrected chi connectivity index (χ1v) is 9.78. The van der Waals surface area contributed by atoms with Crippen LogP contribution in [0.15, 0.2) is 26.8 Å². The van der Waals surface area contributed by atoms with E-state index in [0.717, 1.165) is 36.0 Å². The van der Waals surface area contributed by atoms with Crippen molar-refractivity contribution in [1.82, 2.24) is 14.7 Å². The molecule has 0 aromatic heterocycles. The zero-order valence-electron chi connectivity index (χ0n) is 17.5. The molecule has 2 fully saturated rings. The van der Waals surface area contributed by atoms with E-state index in [0.29, 0.717) is 6.04 Å². The molecule has 2 aliphatic rings. The first-order valence-electron chi connectivity index (χ1n) is 9.78. The van der Waals surface area contributed by atoms with Gasteiger partial charge in [0.25, 0.3) is 0 Å². The van der Waals surface area contributed by atoms with Gasteiger partial charge in [-0.1, -0.05) is 0 Å². The number of allylic oxidation sites excluding steroid dienone is 1. The number of hydrogen-bond donors (Lipinski definition) is 0. The lowest BCUT2D eigenvalue weighted by atomic mass is 10.0. The van der Waals surface area contributed by atoms with Crippen molar-refractivity contribution in [3.05, 3.63) is 11.8 Å². The smallest absolute Gasteiger partial charge is 0.220 e. The summed E-state index contributed by atoms with van der Waals surface area (Å²) in [6, 6.07) is 0.714. The predicted octanol–water partition coefficient (Wildman–Crippen LogP) is 2.53. The summed E-state index contributed by atoms with van der Waals surface area (Å²) in [5.41, 5.74) is 3.11. The summed E-state index contributed by atoms with van der Waals surface area (Å²) in [4.78, 5) is 21.0. The third-order valence-electron chi connectivity index (χ3n) is 5.36. The van der Waals surface area contributed by atoms with Gasteiger partial charge in [0, 0.05) is 70.0 Å². The Labute approximate surface area is 159 Å². The van der Waals surface area contributed by atoms with Gasteiger partial charge in [0.1, 0.15) is 0 Å². The Morgan fingerprint density at radius 2 is 1.54 bits per heavy atom. The quantitative estimate of drug-likeness (QED) is 0.574. The second-order valence-electron chi connectivity index (χ2n) is 7.67. The number of guanidine groups is 1. The van der Waals surface area contributed by atoms with E-state index in [1.54, 1.807) is 0 Å². The average Bonchev–Trinajstić information content (AvgIpc) is 2.64. The van der Waals surface area contributed by atoms with E-state index in [-0.39, 0.29) is 0 Å². The highest BCUT2D eigenvalue weighted by Crippen LogP contribution is 2.19. The average molecular weight is 361 g/mol. The topological polar surface area (TPSA) is 46.8 Å². The molecule has 6 nitrogen and oxygen atoms in total. The van der Waals surface area contributed by atoms with Crippen molar-refractivity contribution in [2.24, 2.45) is 15.0 Å². The van der Waals surface area contributed by atoms with Gasteiger partial charge in [0.05, 0.1) is 0 Å². The number of piperazine rings is 1. The summed E-state index contributed by atoms with van der Waals surface area (Å²) in [5.74, 6) is 0.851. The summed E-state index contributed by atoms with van der Waals surface area (Å²) >= 11 is 0. The standard InChI is InChI=1S/C20H36N6/c1-16(2)22-15-17(3)18(4)23-20(21-5)26-9-7-19(8-10-26)25-13-11-24(6)12-14-25/h15,19H,7-14H2,1-6H3/b17-15+,21-20?,23-18+. The number of likely N-dealkylation sites (N-methyl/N-ethyl adjacent to an activating group) is 1.